The van der Waals surface area contributed by atoms with Crippen molar-refractivity contribution in [3.8, 4) is 0 Å². The molecule has 0 saturated carbocycles. The van der Waals surface area contributed by atoms with E-state index in [1.165, 1.54) is 17.1 Å². The standard InChI is InChI=1S/C22H36N4OS/c1-18(2)21(25-11-13-27-14-12-25)15-24-22(23-3)26-10-9-19(16-26)17-28-20-7-5-4-6-8-20/h4-8,18-19,21H,9-17H2,1-3H3,(H,23,24). The molecule has 0 amide bonds. The first-order valence-corrected chi connectivity index (χ1v) is 11.6. The lowest BCUT2D eigenvalue weighted by Gasteiger charge is -2.37. The lowest BCUT2D eigenvalue weighted by Crippen LogP contribution is -2.53. The summed E-state index contributed by atoms with van der Waals surface area (Å²) in [4.78, 5) is 11.0. The van der Waals surface area contributed by atoms with Crippen LogP contribution in [-0.4, -0.2) is 80.5 Å². The van der Waals surface area contributed by atoms with Crippen molar-refractivity contribution in [2.24, 2.45) is 16.8 Å². The number of benzene rings is 1. The molecule has 156 valence electrons. The number of thioether (sulfide) groups is 1. The Bertz CT molecular complexity index is 604. The fourth-order valence-corrected chi connectivity index (χ4v) is 5.17. The maximum Gasteiger partial charge on any atom is 0.193 e. The number of hydrogen-bond acceptors (Lipinski definition) is 4. The van der Waals surface area contributed by atoms with Crippen molar-refractivity contribution < 1.29 is 4.74 Å². The Hall–Kier alpha value is -1.24. The smallest absolute Gasteiger partial charge is 0.193 e. The predicted molar refractivity (Wildman–Crippen MR) is 119 cm³/mol. The normalized spacial score (nSPS) is 22.6. The Balaban J connectivity index is 1.46. The van der Waals surface area contributed by atoms with Crippen molar-refractivity contribution in [1.29, 1.82) is 0 Å². The Morgan fingerprint density at radius 1 is 1.21 bits per heavy atom. The molecule has 3 rings (SSSR count). The highest BCUT2D eigenvalue weighted by atomic mass is 32.2. The first-order valence-electron chi connectivity index (χ1n) is 10.6. The molecular formula is C22H36N4OS. The number of rotatable bonds is 7. The maximum absolute atomic E-state index is 5.53. The van der Waals surface area contributed by atoms with Crippen LogP contribution in [0, 0.1) is 11.8 Å². The molecule has 28 heavy (non-hydrogen) atoms. The van der Waals surface area contributed by atoms with Crippen LogP contribution in [0.15, 0.2) is 40.2 Å². The maximum atomic E-state index is 5.53. The molecule has 2 aliphatic heterocycles. The van der Waals surface area contributed by atoms with E-state index in [9.17, 15) is 0 Å². The second kappa shape index (κ2) is 11.1. The summed E-state index contributed by atoms with van der Waals surface area (Å²) in [5.74, 6) is 3.58. The van der Waals surface area contributed by atoms with Gasteiger partial charge in [0, 0.05) is 56.5 Å². The number of morpholine rings is 1. The van der Waals surface area contributed by atoms with Gasteiger partial charge in [0.25, 0.3) is 0 Å². The molecule has 0 aromatic heterocycles. The number of nitrogens with one attached hydrogen (secondary N) is 1. The summed E-state index contributed by atoms with van der Waals surface area (Å²) in [6.45, 7) is 11.6. The molecule has 0 bridgehead atoms. The quantitative estimate of drug-likeness (QED) is 0.430. The van der Waals surface area contributed by atoms with E-state index in [2.05, 4.69) is 64.3 Å². The SMILES string of the molecule is CN=C(NCC(C(C)C)N1CCOCC1)N1CCC(CSc2ccccc2)C1. The molecule has 2 atom stereocenters. The van der Waals surface area contributed by atoms with Gasteiger partial charge in [-0.15, -0.1) is 11.8 Å². The fourth-order valence-electron chi connectivity index (χ4n) is 4.12. The lowest BCUT2D eigenvalue weighted by atomic mass is 10.0. The molecule has 6 heteroatoms. The van der Waals surface area contributed by atoms with Crippen LogP contribution in [0.2, 0.25) is 0 Å². The molecule has 0 spiro atoms. The zero-order valence-electron chi connectivity index (χ0n) is 17.6. The topological polar surface area (TPSA) is 40.1 Å². The number of hydrogen-bond donors (Lipinski definition) is 1. The first kappa shape index (κ1) is 21.5. The summed E-state index contributed by atoms with van der Waals surface area (Å²) in [6, 6.07) is 11.2. The van der Waals surface area contributed by atoms with Crippen LogP contribution in [0.1, 0.15) is 20.3 Å². The van der Waals surface area contributed by atoms with Crippen molar-refractivity contribution in [3.63, 3.8) is 0 Å². The highest BCUT2D eigenvalue weighted by Crippen LogP contribution is 2.26. The van der Waals surface area contributed by atoms with E-state index in [1.54, 1.807) is 0 Å². The van der Waals surface area contributed by atoms with Crippen molar-refractivity contribution >= 4 is 17.7 Å². The highest BCUT2D eigenvalue weighted by Gasteiger charge is 2.27. The zero-order valence-corrected chi connectivity index (χ0v) is 18.5. The minimum absolute atomic E-state index is 0.521. The van der Waals surface area contributed by atoms with E-state index in [0.717, 1.165) is 57.8 Å². The number of nitrogens with zero attached hydrogens (tertiary/aromatic N) is 3. The molecule has 0 aliphatic carbocycles. The second-order valence-electron chi connectivity index (χ2n) is 8.11. The van der Waals surface area contributed by atoms with Gasteiger partial charge in [0.2, 0.25) is 0 Å². The molecule has 2 unspecified atom stereocenters. The number of ether oxygens (including phenoxy) is 1. The van der Waals surface area contributed by atoms with Crippen LogP contribution < -0.4 is 5.32 Å². The zero-order chi connectivity index (χ0) is 19.8. The van der Waals surface area contributed by atoms with E-state index >= 15 is 0 Å². The number of aliphatic imine (C=N–C) groups is 1. The van der Waals surface area contributed by atoms with Gasteiger partial charge in [-0.2, -0.15) is 0 Å². The summed E-state index contributed by atoms with van der Waals surface area (Å²) in [6.07, 6.45) is 1.25. The highest BCUT2D eigenvalue weighted by molar-refractivity contribution is 7.99. The van der Waals surface area contributed by atoms with Gasteiger partial charge in [0.05, 0.1) is 13.2 Å². The minimum Gasteiger partial charge on any atom is -0.379 e. The molecule has 1 aromatic carbocycles. The minimum atomic E-state index is 0.521. The summed E-state index contributed by atoms with van der Waals surface area (Å²) < 4.78 is 5.53. The van der Waals surface area contributed by atoms with Crippen LogP contribution in [-0.2, 0) is 4.74 Å². The van der Waals surface area contributed by atoms with Gasteiger partial charge in [-0.3, -0.25) is 9.89 Å². The van der Waals surface area contributed by atoms with Crippen LogP contribution in [0.3, 0.4) is 0 Å². The van der Waals surface area contributed by atoms with E-state index < -0.39 is 0 Å². The predicted octanol–water partition coefficient (Wildman–Crippen LogP) is 3.03. The van der Waals surface area contributed by atoms with Crippen LogP contribution in [0.5, 0.6) is 0 Å². The summed E-state index contributed by atoms with van der Waals surface area (Å²) in [5.41, 5.74) is 0. The van der Waals surface area contributed by atoms with E-state index in [0.29, 0.717) is 12.0 Å². The molecular weight excluding hydrogens is 368 g/mol. The molecule has 1 N–H and O–H groups in total. The average molecular weight is 405 g/mol. The third-order valence-electron chi connectivity index (χ3n) is 5.78. The van der Waals surface area contributed by atoms with Crippen LogP contribution in [0.25, 0.3) is 0 Å². The molecule has 2 aliphatic rings. The molecule has 2 saturated heterocycles. The van der Waals surface area contributed by atoms with Gasteiger partial charge in [0.1, 0.15) is 0 Å². The van der Waals surface area contributed by atoms with Crippen molar-refractivity contribution in [3.05, 3.63) is 30.3 Å². The monoisotopic (exact) mass is 404 g/mol. The van der Waals surface area contributed by atoms with Gasteiger partial charge in [-0.05, 0) is 30.4 Å². The van der Waals surface area contributed by atoms with Gasteiger partial charge in [-0.25, -0.2) is 0 Å². The van der Waals surface area contributed by atoms with Crippen molar-refractivity contribution in [2.75, 3.05) is 58.7 Å². The Kier molecular flexibility index (Phi) is 8.49. The molecule has 5 nitrogen and oxygen atoms in total. The molecule has 0 radical (unpaired) electrons. The Morgan fingerprint density at radius 2 is 1.96 bits per heavy atom. The van der Waals surface area contributed by atoms with Gasteiger partial charge < -0.3 is 15.0 Å². The van der Waals surface area contributed by atoms with Gasteiger partial charge in [-0.1, -0.05) is 32.0 Å². The van der Waals surface area contributed by atoms with Gasteiger partial charge in [0.15, 0.2) is 5.96 Å². The van der Waals surface area contributed by atoms with E-state index in [-0.39, 0.29) is 0 Å². The number of guanidine groups is 1. The summed E-state index contributed by atoms with van der Waals surface area (Å²) in [7, 11) is 1.91. The second-order valence-corrected chi connectivity index (χ2v) is 9.21. The summed E-state index contributed by atoms with van der Waals surface area (Å²) >= 11 is 1.97. The fraction of sp³-hybridized carbons (Fsp3) is 0.682. The summed E-state index contributed by atoms with van der Waals surface area (Å²) in [5, 5.41) is 3.67. The first-order chi connectivity index (χ1) is 13.7. The third kappa shape index (κ3) is 6.13. The van der Waals surface area contributed by atoms with Crippen molar-refractivity contribution in [1.82, 2.24) is 15.1 Å². The largest absolute Gasteiger partial charge is 0.379 e. The lowest BCUT2D eigenvalue weighted by molar-refractivity contribution is 0.00742. The Labute approximate surface area is 174 Å². The van der Waals surface area contributed by atoms with E-state index in [1.807, 2.05) is 18.8 Å². The van der Waals surface area contributed by atoms with Crippen LogP contribution in [0.4, 0.5) is 0 Å². The van der Waals surface area contributed by atoms with Crippen LogP contribution >= 0.6 is 11.8 Å². The number of likely N-dealkylation sites (tertiary alicyclic amines) is 1. The molecule has 1 aromatic rings. The van der Waals surface area contributed by atoms with E-state index in [4.69, 9.17) is 4.74 Å². The Morgan fingerprint density at radius 3 is 2.64 bits per heavy atom. The average Bonchev–Trinajstić information content (AvgIpc) is 3.20. The van der Waals surface area contributed by atoms with Crippen molar-refractivity contribution in [2.45, 2.75) is 31.2 Å². The molecule has 2 heterocycles. The molecule has 2 fully saturated rings. The van der Waals surface area contributed by atoms with Gasteiger partial charge >= 0.3 is 0 Å². The third-order valence-corrected chi connectivity index (χ3v) is 7.02.